The highest BCUT2D eigenvalue weighted by atomic mass is 19.1. The maximum absolute atomic E-state index is 13.7. The predicted octanol–water partition coefficient (Wildman–Crippen LogP) is 3.56. The lowest BCUT2D eigenvalue weighted by Gasteiger charge is -2.36. The number of hydrogen-bond donors (Lipinski definition) is 2. The summed E-state index contributed by atoms with van der Waals surface area (Å²) in [7, 11) is 0. The fourth-order valence-corrected chi connectivity index (χ4v) is 3.02. The van der Waals surface area contributed by atoms with Gasteiger partial charge in [-0.3, -0.25) is 0 Å². The normalized spacial score (nSPS) is 19.8. The van der Waals surface area contributed by atoms with Crippen LogP contribution in [0.5, 0.6) is 0 Å². The van der Waals surface area contributed by atoms with Crippen LogP contribution in [0.15, 0.2) is 18.2 Å². The highest BCUT2D eigenvalue weighted by Gasteiger charge is 2.31. The Labute approximate surface area is 119 Å². The van der Waals surface area contributed by atoms with Gasteiger partial charge in [0, 0.05) is 36.2 Å². The minimum Gasteiger partial charge on any atom is -0.396 e. The van der Waals surface area contributed by atoms with Crippen molar-refractivity contribution in [1.82, 2.24) is 5.32 Å². The van der Waals surface area contributed by atoms with Crippen LogP contribution < -0.4 is 5.32 Å². The first-order valence-electron chi connectivity index (χ1n) is 7.35. The smallest absolute Gasteiger partial charge is 0.130 e. The third-order valence-electron chi connectivity index (χ3n) is 4.46. The molecule has 0 aliphatic heterocycles. The molecular weight excluding hydrogens is 260 g/mol. The Morgan fingerprint density at radius 2 is 1.95 bits per heavy atom. The maximum Gasteiger partial charge on any atom is 0.130 e. The van der Waals surface area contributed by atoms with Crippen LogP contribution in [0.25, 0.3) is 0 Å². The van der Waals surface area contributed by atoms with Crippen molar-refractivity contribution in [2.75, 3.05) is 13.2 Å². The zero-order valence-corrected chi connectivity index (χ0v) is 12.0. The molecule has 2 rings (SSSR count). The number of aliphatic hydroxyl groups excluding tert-OH is 1. The molecular formula is C16H23F2NO. The second-order valence-electron chi connectivity index (χ2n) is 5.99. The lowest BCUT2D eigenvalue weighted by Crippen LogP contribution is -2.40. The van der Waals surface area contributed by atoms with Crippen LogP contribution >= 0.6 is 0 Å². The van der Waals surface area contributed by atoms with Crippen LogP contribution in [0.1, 0.15) is 50.6 Å². The van der Waals surface area contributed by atoms with E-state index in [-0.39, 0.29) is 18.1 Å². The highest BCUT2D eigenvalue weighted by molar-refractivity contribution is 5.21. The highest BCUT2D eigenvalue weighted by Crippen LogP contribution is 2.35. The van der Waals surface area contributed by atoms with E-state index in [1.54, 1.807) is 0 Å². The summed E-state index contributed by atoms with van der Waals surface area (Å²) in [5.74, 6) is -1.08. The van der Waals surface area contributed by atoms with Crippen LogP contribution in [0, 0.1) is 17.0 Å². The lowest BCUT2D eigenvalue weighted by molar-refractivity contribution is 0.0787. The molecule has 0 amide bonds. The predicted molar refractivity (Wildman–Crippen MR) is 75.4 cm³/mol. The molecule has 4 heteroatoms. The van der Waals surface area contributed by atoms with E-state index < -0.39 is 11.6 Å². The molecule has 20 heavy (non-hydrogen) atoms. The maximum atomic E-state index is 13.7. The third kappa shape index (κ3) is 3.55. The Morgan fingerprint density at radius 1 is 1.25 bits per heavy atom. The van der Waals surface area contributed by atoms with Crippen molar-refractivity contribution in [3.8, 4) is 0 Å². The van der Waals surface area contributed by atoms with Gasteiger partial charge in [0.05, 0.1) is 0 Å². The van der Waals surface area contributed by atoms with Gasteiger partial charge in [0.2, 0.25) is 0 Å². The van der Waals surface area contributed by atoms with Gasteiger partial charge in [0.25, 0.3) is 0 Å². The molecule has 1 aliphatic carbocycles. The molecule has 1 aromatic carbocycles. The Morgan fingerprint density at radius 3 is 2.55 bits per heavy atom. The lowest BCUT2D eigenvalue weighted by atomic mass is 9.74. The topological polar surface area (TPSA) is 32.3 Å². The van der Waals surface area contributed by atoms with Gasteiger partial charge < -0.3 is 10.4 Å². The van der Waals surface area contributed by atoms with Gasteiger partial charge in [-0.1, -0.05) is 25.3 Å². The van der Waals surface area contributed by atoms with Crippen molar-refractivity contribution in [1.29, 1.82) is 0 Å². The van der Waals surface area contributed by atoms with Gasteiger partial charge in [-0.2, -0.15) is 0 Å². The van der Waals surface area contributed by atoms with Gasteiger partial charge in [-0.05, 0) is 25.8 Å². The van der Waals surface area contributed by atoms with E-state index in [1.165, 1.54) is 18.6 Å². The van der Waals surface area contributed by atoms with Crippen molar-refractivity contribution in [3.05, 3.63) is 35.4 Å². The molecule has 0 radical (unpaired) electrons. The summed E-state index contributed by atoms with van der Waals surface area (Å²) in [6, 6.07) is 3.48. The molecule has 0 saturated heterocycles. The second-order valence-corrected chi connectivity index (χ2v) is 5.99. The van der Waals surface area contributed by atoms with E-state index in [0.29, 0.717) is 12.1 Å². The summed E-state index contributed by atoms with van der Waals surface area (Å²) >= 11 is 0. The van der Waals surface area contributed by atoms with Gasteiger partial charge in [-0.15, -0.1) is 0 Å². The van der Waals surface area contributed by atoms with E-state index in [0.717, 1.165) is 31.7 Å². The largest absolute Gasteiger partial charge is 0.396 e. The van der Waals surface area contributed by atoms with Crippen LogP contribution in [-0.4, -0.2) is 18.3 Å². The summed E-state index contributed by atoms with van der Waals surface area (Å²) in [4.78, 5) is 0. The zero-order valence-electron chi connectivity index (χ0n) is 12.0. The molecule has 1 unspecified atom stereocenters. The van der Waals surface area contributed by atoms with Crippen molar-refractivity contribution in [2.24, 2.45) is 5.41 Å². The average molecular weight is 283 g/mol. The Hall–Kier alpha value is -1.00. The molecule has 1 fully saturated rings. The van der Waals surface area contributed by atoms with Crippen LogP contribution in [0.2, 0.25) is 0 Å². The van der Waals surface area contributed by atoms with Crippen LogP contribution in [0.4, 0.5) is 8.78 Å². The first-order valence-corrected chi connectivity index (χ1v) is 7.35. The second kappa shape index (κ2) is 6.64. The third-order valence-corrected chi connectivity index (χ3v) is 4.46. The average Bonchev–Trinajstić information content (AvgIpc) is 2.46. The van der Waals surface area contributed by atoms with E-state index >= 15 is 0 Å². The zero-order chi connectivity index (χ0) is 14.6. The Bertz CT molecular complexity index is 444. The fraction of sp³-hybridized carbons (Fsp3) is 0.625. The SMILES string of the molecule is CC(NCC1(CO)CCCCC1)c1ccc(F)cc1F. The van der Waals surface area contributed by atoms with Crippen LogP contribution in [-0.2, 0) is 0 Å². The van der Waals surface area contributed by atoms with Crippen molar-refractivity contribution < 1.29 is 13.9 Å². The summed E-state index contributed by atoms with van der Waals surface area (Å²) in [5, 5.41) is 13.0. The van der Waals surface area contributed by atoms with E-state index in [9.17, 15) is 13.9 Å². The van der Waals surface area contributed by atoms with Gasteiger partial charge >= 0.3 is 0 Å². The fourth-order valence-electron chi connectivity index (χ4n) is 3.02. The molecule has 0 spiro atoms. The molecule has 1 aromatic rings. The molecule has 1 atom stereocenters. The molecule has 1 aliphatic rings. The quantitative estimate of drug-likeness (QED) is 0.866. The molecule has 1 saturated carbocycles. The van der Waals surface area contributed by atoms with E-state index in [4.69, 9.17) is 0 Å². The minimum atomic E-state index is -0.558. The molecule has 0 heterocycles. The molecule has 0 aromatic heterocycles. The monoisotopic (exact) mass is 283 g/mol. The van der Waals surface area contributed by atoms with Gasteiger partial charge in [-0.25, -0.2) is 8.78 Å². The van der Waals surface area contributed by atoms with Crippen molar-refractivity contribution >= 4 is 0 Å². The number of rotatable bonds is 5. The molecule has 2 nitrogen and oxygen atoms in total. The Kier molecular flexibility index (Phi) is 5.11. The Balaban J connectivity index is 1.98. The number of halogens is 2. The first kappa shape index (κ1) is 15.4. The van der Waals surface area contributed by atoms with Gasteiger partial charge in [0.1, 0.15) is 11.6 Å². The number of nitrogens with one attached hydrogen (secondary N) is 1. The van der Waals surface area contributed by atoms with Crippen LogP contribution in [0.3, 0.4) is 0 Å². The molecule has 2 N–H and O–H groups in total. The van der Waals surface area contributed by atoms with E-state index in [1.807, 2.05) is 6.92 Å². The molecule has 112 valence electrons. The summed E-state index contributed by atoms with van der Waals surface area (Å²) in [6.45, 7) is 2.70. The number of hydrogen-bond acceptors (Lipinski definition) is 2. The summed E-state index contributed by atoms with van der Waals surface area (Å²) < 4.78 is 26.6. The minimum absolute atomic E-state index is 0.0803. The number of aliphatic hydroxyl groups is 1. The summed E-state index contributed by atoms with van der Waals surface area (Å²) in [6.07, 6.45) is 5.52. The molecule has 0 bridgehead atoms. The van der Waals surface area contributed by atoms with Crippen molar-refractivity contribution in [2.45, 2.75) is 45.1 Å². The first-order chi connectivity index (χ1) is 9.56. The summed E-state index contributed by atoms with van der Waals surface area (Å²) in [5.41, 5.74) is 0.388. The van der Waals surface area contributed by atoms with Gasteiger partial charge in [0.15, 0.2) is 0 Å². The van der Waals surface area contributed by atoms with Crippen molar-refractivity contribution in [3.63, 3.8) is 0 Å². The standard InChI is InChI=1S/C16H23F2NO/c1-12(14-6-5-13(17)9-15(14)18)19-10-16(11-20)7-3-2-4-8-16/h5-6,9,12,19-20H,2-4,7-8,10-11H2,1H3. The van der Waals surface area contributed by atoms with E-state index in [2.05, 4.69) is 5.32 Å². The number of benzene rings is 1.